The molecule has 2 unspecified atom stereocenters. The van der Waals surface area contributed by atoms with Crippen molar-refractivity contribution in [1.82, 2.24) is 26.6 Å². The van der Waals surface area contributed by atoms with Crippen LogP contribution in [0.15, 0.2) is 36.2 Å². The highest BCUT2D eigenvalue weighted by Gasteiger charge is 2.44. The summed E-state index contributed by atoms with van der Waals surface area (Å²) in [4.78, 5) is 24.4. The number of hydrogen-bond donors (Lipinski definition) is 4. The van der Waals surface area contributed by atoms with Crippen LogP contribution in [0.3, 0.4) is 0 Å². The van der Waals surface area contributed by atoms with Gasteiger partial charge in [-0.15, -0.1) is 0 Å². The summed E-state index contributed by atoms with van der Waals surface area (Å²) >= 11 is 0. The Kier molecular flexibility index (Phi) is 4.39. The van der Waals surface area contributed by atoms with Crippen LogP contribution >= 0.6 is 0 Å². The van der Waals surface area contributed by atoms with Gasteiger partial charge in [-0.1, -0.05) is 18.2 Å². The maximum absolute atomic E-state index is 13.0. The zero-order valence-corrected chi connectivity index (χ0v) is 13.1. The monoisotopic (exact) mass is 355 g/mol. The van der Waals surface area contributed by atoms with Crippen LogP contribution in [0.25, 0.3) is 0 Å². The number of fused-ring (bicyclic) bond motifs is 1. The van der Waals surface area contributed by atoms with Crippen LogP contribution < -0.4 is 21.6 Å². The Morgan fingerprint density at radius 1 is 1.32 bits per heavy atom. The fourth-order valence-corrected chi connectivity index (χ4v) is 2.80. The van der Waals surface area contributed by atoms with Crippen LogP contribution in [0.5, 0.6) is 0 Å². The first-order valence-corrected chi connectivity index (χ1v) is 7.49. The van der Waals surface area contributed by atoms with Crippen LogP contribution in [0.1, 0.15) is 18.1 Å². The Labute approximate surface area is 141 Å². The van der Waals surface area contributed by atoms with Crippen molar-refractivity contribution in [3.8, 4) is 0 Å². The number of carbonyl (C=O) groups excluding carboxylic acids is 2. The number of benzene rings is 1. The zero-order chi connectivity index (χ0) is 18.2. The molecule has 2 heterocycles. The normalized spacial score (nSPS) is 23.0. The highest BCUT2D eigenvalue weighted by molar-refractivity contribution is 5.94. The molecule has 1 aromatic carbocycles. The SMILES string of the molecule is CC1=CN2NNC(C(=O)NCc3ccccc3C(F)(F)F)C2C(=O)N1. The first kappa shape index (κ1) is 17.2. The van der Waals surface area contributed by atoms with Crippen molar-refractivity contribution in [2.24, 2.45) is 0 Å². The molecular weight excluding hydrogens is 339 g/mol. The third-order valence-corrected chi connectivity index (χ3v) is 3.94. The standard InChI is InChI=1S/C15H16F3N5O2/c1-8-7-23-12(14(25)20-8)11(21-22-23)13(24)19-6-9-4-2-3-5-10(9)15(16,17)18/h2-5,7,11-12,21-22H,6H2,1H3,(H,19,24)(H,20,25). The van der Waals surface area contributed by atoms with Crippen molar-refractivity contribution >= 4 is 11.8 Å². The summed E-state index contributed by atoms with van der Waals surface area (Å²) in [6.45, 7) is 1.40. The Bertz CT molecular complexity index is 734. The van der Waals surface area contributed by atoms with Gasteiger partial charge in [0.05, 0.1) is 5.56 Å². The van der Waals surface area contributed by atoms with E-state index in [2.05, 4.69) is 21.6 Å². The first-order valence-electron chi connectivity index (χ1n) is 7.49. The molecule has 2 atom stereocenters. The minimum atomic E-state index is -4.50. The number of nitrogens with zero attached hydrogens (tertiary/aromatic N) is 1. The summed E-state index contributed by atoms with van der Waals surface area (Å²) in [5.41, 5.74) is 5.11. The van der Waals surface area contributed by atoms with Crippen molar-refractivity contribution in [2.75, 3.05) is 0 Å². The quantitative estimate of drug-likeness (QED) is 0.630. The summed E-state index contributed by atoms with van der Waals surface area (Å²) < 4.78 is 38.9. The summed E-state index contributed by atoms with van der Waals surface area (Å²) in [6.07, 6.45) is -2.89. The smallest absolute Gasteiger partial charge is 0.351 e. The number of hydrogen-bond acceptors (Lipinski definition) is 5. The van der Waals surface area contributed by atoms with Gasteiger partial charge in [0.2, 0.25) is 5.91 Å². The third kappa shape index (κ3) is 3.44. The van der Waals surface area contributed by atoms with Crippen LogP contribution in [-0.2, 0) is 22.3 Å². The van der Waals surface area contributed by atoms with E-state index >= 15 is 0 Å². The summed E-state index contributed by atoms with van der Waals surface area (Å²) in [6, 6.07) is 3.24. The fourth-order valence-electron chi connectivity index (χ4n) is 2.80. The molecule has 0 radical (unpaired) electrons. The summed E-state index contributed by atoms with van der Waals surface area (Å²) in [7, 11) is 0. The van der Waals surface area contributed by atoms with Gasteiger partial charge in [-0.05, 0) is 18.6 Å². The minimum Gasteiger partial charge on any atom is -0.351 e. The molecule has 1 saturated heterocycles. The predicted octanol–water partition coefficient (Wildman–Crippen LogP) is 0.375. The average molecular weight is 355 g/mol. The largest absolute Gasteiger partial charge is 0.416 e. The molecule has 0 aliphatic carbocycles. The van der Waals surface area contributed by atoms with Crippen molar-refractivity contribution in [2.45, 2.75) is 31.7 Å². The van der Waals surface area contributed by atoms with E-state index in [4.69, 9.17) is 0 Å². The lowest BCUT2D eigenvalue weighted by molar-refractivity contribution is -0.138. The molecule has 0 spiro atoms. The van der Waals surface area contributed by atoms with Gasteiger partial charge in [0.25, 0.3) is 5.91 Å². The highest BCUT2D eigenvalue weighted by Crippen LogP contribution is 2.31. The highest BCUT2D eigenvalue weighted by atomic mass is 19.4. The molecule has 0 saturated carbocycles. The van der Waals surface area contributed by atoms with Gasteiger partial charge < -0.3 is 10.6 Å². The summed E-state index contributed by atoms with van der Waals surface area (Å²) in [5.74, 6) is -0.964. The topological polar surface area (TPSA) is 85.5 Å². The minimum absolute atomic E-state index is 0.0463. The number of rotatable bonds is 3. The van der Waals surface area contributed by atoms with Gasteiger partial charge in [0, 0.05) is 18.4 Å². The van der Waals surface area contributed by atoms with Gasteiger partial charge in [0.1, 0.15) is 6.04 Å². The first-order chi connectivity index (χ1) is 11.8. The molecule has 10 heteroatoms. The van der Waals surface area contributed by atoms with E-state index in [9.17, 15) is 22.8 Å². The van der Waals surface area contributed by atoms with Crippen LogP contribution in [0.4, 0.5) is 13.2 Å². The molecule has 4 N–H and O–H groups in total. The molecule has 25 heavy (non-hydrogen) atoms. The summed E-state index contributed by atoms with van der Waals surface area (Å²) in [5, 5.41) is 6.51. The Morgan fingerprint density at radius 2 is 2.04 bits per heavy atom. The van der Waals surface area contributed by atoms with Crippen LogP contribution in [0, 0.1) is 0 Å². The molecule has 1 aromatic rings. The lowest BCUT2D eigenvalue weighted by Gasteiger charge is -2.28. The Hall–Kier alpha value is -2.59. The van der Waals surface area contributed by atoms with Gasteiger partial charge in [-0.2, -0.15) is 18.7 Å². The van der Waals surface area contributed by atoms with Crippen molar-refractivity contribution in [3.05, 3.63) is 47.3 Å². The maximum atomic E-state index is 13.0. The van der Waals surface area contributed by atoms with Gasteiger partial charge >= 0.3 is 6.18 Å². The van der Waals surface area contributed by atoms with E-state index < -0.39 is 29.7 Å². The van der Waals surface area contributed by atoms with E-state index in [1.54, 1.807) is 13.1 Å². The lowest BCUT2D eigenvalue weighted by atomic mass is 10.0. The Balaban J connectivity index is 1.70. The number of amides is 2. The van der Waals surface area contributed by atoms with Crippen molar-refractivity contribution in [3.63, 3.8) is 0 Å². The molecule has 2 amide bonds. The second kappa shape index (κ2) is 6.37. The van der Waals surface area contributed by atoms with Crippen molar-refractivity contribution in [1.29, 1.82) is 0 Å². The van der Waals surface area contributed by atoms with Crippen LogP contribution in [0.2, 0.25) is 0 Å². The number of nitrogens with one attached hydrogen (secondary N) is 4. The lowest BCUT2D eigenvalue weighted by Crippen LogP contribution is -2.55. The number of allylic oxidation sites excluding steroid dienone is 1. The molecule has 0 aromatic heterocycles. The molecule has 1 fully saturated rings. The van der Waals surface area contributed by atoms with E-state index in [0.717, 1.165) is 6.07 Å². The van der Waals surface area contributed by atoms with Gasteiger partial charge in [0.15, 0.2) is 6.04 Å². The number of alkyl halides is 3. The second-order valence-electron chi connectivity index (χ2n) is 5.76. The van der Waals surface area contributed by atoms with Gasteiger partial charge in [-0.3, -0.25) is 14.6 Å². The van der Waals surface area contributed by atoms with E-state index in [-0.39, 0.29) is 18.0 Å². The molecule has 134 valence electrons. The van der Waals surface area contributed by atoms with E-state index in [0.29, 0.717) is 5.70 Å². The third-order valence-electron chi connectivity index (χ3n) is 3.94. The molecule has 3 rings (SSSR count). The molecule has 2 aliphatic heterocycles. The average Bonchev–Trinajstić information content (AvgIpc) is 2.96. The Morgan fingerprint density at radius 3 is 2.76 bits per heavy atom. The van der Waals surface area contributed by atoms with Crippen LogP contribution in [-0.4, -0.2) is 28.9 Å². The number of halogens is 3. The van der Waals surface area contributed by atoms with E-state index in [1.165, 1.54) is 23.2 Å². The fraction of sp³-hybridized carbons (Fsp3) is 0.333. The predicted molar refractivity (Wildman–Crippen MR) is 80.9 cm³/mol. The molecule has 2 aliphatic rings. The van der Waals surface area contributed by atoms with E-state index in [1.807, 2.05) is 0 Å². The van der Waals surface area contributed by atoms with Gasteiger partial charge in [-0.25, -0.2) is 5.43 Å². The number of carbonyl (C=O) groups is 2. The van der Waals surface area contributed by atoms with Crippen molar-refractivity contribution < 1.29 is 22.8 Å². The molecule has 0 bridgehead atoms. The second-order valence-corrected chi connectivity index (χ2v) is 5.76. The number of hydrazine groups is 2. The maximum Gasteiger partial charge on any atom is 0.416 e. The molecular formula is C15H16F3N5O2. The molecule has 7 nitrogen and oxygen atoms in total. The zero-order valence-electron chi connectivity index (χ0n) is 13.1.